The van der Waals surface area contributed by atoms with Gasteiger partial charge in [-0.25, -0.2) is 0 Å². The topological polar surface area (TPSA) is 199 Å². The highest BCUT2D eigenvalue weighted by molar-refractivity contribution is 7.53. The van der Waals surface area contributed by atoms with E-state index in [-0.39, 0.29) is 0 Å². The third-order valence-corrected chi connectivity index (χ3v) is 5.36. The molecular weight excluding hydrogens is 366 g/mol. The van der Waals surface area contributed by atoms with Gasteiger partial charge in [0, 0.05) is 6.42 Å². The van der Waals surface area contributed by atoms with Crippen molar-refractivity contribution in [1.29, 1.82) is 0 Å². The predicted octanol–water partition coefficient (Wildman–Crippen LogP) is -0.613. The van der Waals surface area contributed by atoms with Crippen molar-refractivity contribution in [2.45, 2.75) is 30.4 Å². The van der Waals surface area contributed by atoms with Crippen molar-refractivity contribution in [3.8, 4) is 0 Å². The van der Waals surface area contributed by atoms with Crippen molar-refractivity contribution in [3.63, 3.8) is 0 Å². The first-order chi connectivity index (χ1) is 10.8. The molecule has 2 unspecified atom stereocenters. The van der Waals surface area contributed by atoms with E-state index in [2.05, 4.69) is 13.2 Å². The molecule has 0 bridgehead atoms. The van der Waals surface area contributed by atoms with Gasteiger partial charge < -0.3 is 30.4 Å². The van der Waals surface area contributed by atoms with Crippen LogP contribution in [0.15, 0.2) is 25.3 Å². The number of hydrogen-bond acceptors (Lipinski definition) is 5. The molecule has 1 amide bonds. The molecule has 7 N–H and O–H groups in total. The molecule has 0 aliphatic carbocycles. The highest BCUT2D eigenvalue weighted by Crippen LogP contribution is 2.52. The van der Waals surface area contributed by atoms with Gasteiger partial charge in [0.05, 0.1) is 0 Å². The third-order valence-electron chi connectivity index (χ3n) is 3.03. The van der Waals surface area contributed by atoms with Crippen LogP contribution in [-0.2, 0) is 18.7 Å². The van der Waals surface area contributed by atoms with Gasteiger partial charge in [0.2, 0.25) is 5.91 Å². The van der Waals surface area contributed by atoms with Crippen LogP contribution in [0.4, 0.5) is 0 Å². The quantitative estimate of drug-likeness (QED) is 0.196. The summed E-state index contributed by atoms with van der Waals surface area (Å²) in [5, 5.41) is 9.31. The molecule has 24 heavy (non-hydrogen) atoms. The van der Waals surface area contributed by atoms with Crippen LogP contribution in [0.2, 0.25) is 0 Å². The van der Waals surface area contributed by atoms with Crippen LogP contribution in [0, 0.1) is 0 Å². The zero-order chi connectivity index (χ0) is 19.3. The van der Waals surface area contributed by atoms with E-state index in [0.717, 1.165) is 0 Å². The maximum atomic E-state index is 11.6. The van der Waals surface area contributed by atoms with Crippen LogP contribution in [0.5, 0.6) is 0 Å². The van der Waals surface area contributed by atoms with Crippen LogP contribution in [0.25, 0.3) is 0 Å². The summed E-state index contributed by atoms with van der Waals surface area (Å²) in [7, 11) is -10.1. The van der Waals surface area contributed by atoms with Gasteiger partial charge in [-0.05, 0) is 6.42 Å². The Balaban J connectivity index is 6.25. The van der Waals surface area contributed by atoms with E-state index < -0.39 is 57.5 Å². The Morgan fingerprint density at radius 1 is 1.04 bits per heavy atom. The number of aliphatic carboxylic acids is 1. The van der Waals surface area contributed by atoms with Gasteiger partial charge in [-0.15, -0.1) is 13.2 Å². The standard InChI is InChI=1S/C11H20N2O9P2/c1-3-9(23(17,18)19)13(10(4-2)24(20,21)22)7(11(15)16)5-6-8(12)14/h3-4,7,9-10H,1-2,5-6H2,(H2,12,14)(H,15,16)(H2,17,18,19)(H2,20,21,22)/t7-,9?,10?/m0/s1. The number of nitrogens with two attached hydrogens (primary N) is 1. The van der Waals surface area contributed by atoms with Crippen LogP contribution >= 0.6 is 15.2 Å². The second-order valence-corrected chi connectivity index (χ2v) is 8.20. The number of carboxylic acids is 1. The lowest BCUT2D eigenvalue weighted by Crippen LogP contribution is -2.51. The molecule has 0 aromatic heterocycles. The second-order valence-electron chi connectivity index (χ2n) is 4.78. The second kappa shape index (κ2) is 8.68. The highest BCUT2D eigenvalue weighted by atomic mass is 31.2. The molecule has 0 spiro atoms. The summed E-state index contributed by atoms with van der Waals surface area (Å²) in [5.74, 6) is -6.60. The van der Waals surface area contributed by atoms with E-state index in [1.807, 2.05) is 0 Å². The molecule has 0 aromatic carbocycles. The lowest BCUT2D eigenvalue weighted by molar-refractivity contribution is -0.144. The Labute approximate surface area is 137 Å². The Kier molecular flexibility index (Phi) is 8.20. The predicted molar refractivity (Wildman–Crippen MR) is 83.7 cm³/mol. The van der Waals surface area contributed by atoms with E-state index in [4.69, 9.17) is 5.73 Å². The average Bonchev–Trinajstić information content (AvgIpc) is 2.35. The minimum absolute atomic E-state index is 0.396. The van der Waals surface area contributed by atoms with Gasteiger partial charge in [0.15, 0.2) is 0 Å². The first-order valence-corrected chi connectivity index (χ1v) is 9.77. The van der Waals surface area contributed by atoms with E-state index in [1.165, 1.54) is 0 Å². The molecule has 0 saturated heterocycles. The summed E-state index contributed by atoms with van der Waals surface area (Å²) < 4.78 is 23.3. The lowest BCUT2D eigenvalue weighted by Gasteiger charge is -2.39. The fourth-order valence-corrected chi connectivity index (χ4v) is 4.03. The number of nitrogens with zero attached hydrogens (tertiary/aromatic N) is 1. The molecule has 138 valence electrons. The van der Waals surface area contributed by atoms with Crippen LogP contribution in [0.3, 0.4) is 0 Å². The summed E-state index contributed by atoms with van der Waals surface area (Å²) in [6, 6.07) is -1.83. The molecule has 11 nitrogen and oxygen atoms in total. The number of primary amides is 1. The molecule has 0 heterocycles. The summed E-state index contributed by atoms with van der Waals surface area (Å²) in [4.78, 5) is 60.3. The maximum Gasteiger partial charge on any atom is 0.346 e. The first-order valence-electron chi connectivity index (χ1n) is 6.41. The Hall–Kier alpha value is -1.32. The molecule has 0 rings (SSSR count). The van der Waals surface area contributed by atoms with Crippen LogP contribution in [0.1, 0.15) is 12.8 Å². The third kappa shape index (κ3) is 6.29. The molecule has 0 aliphatic heterocycles. The normalized spacial score (nSPS) is 16.2. The molecular formula is C11H20N2O9P2. The lowest BCUT2D eigenvalue weighted by atomic mass is 10.1. The van der Waals surface area contributed by atoms with E-state index in [9.17, 15) is 43.4 Å². The van der Waals surface area contributed by atoms with Gasteiger partial charge in [0.25, 0.3) is 0 Å². The summed E-state index contributed by atoms with van der Waals surface area (Å²) in [5.41, 5.74) is 4.93. The number of amides is 1. The highest BCUT2D eigenvalue weighted by Gasteiger charge is 2.47. The summed E-state index contributed by atoms with van der Waals surface area (Å²) >= 11 is 0. The zero-order valence-electron chi connectivity index (χ0n) is 12.5. The number of carboxylic acid groups (broad SMARTS) is 1. The molecule has 0 aromatic rings. The van der Waals surface area contributed by atoms with E-state index >= 15 is 0 Å². The maximum absolute atomic E-state index is 11.6. The molecule has 0 aliphatic rings. The SMILES string of the molecule is C=CC(N(C(C=C)P(=O)(O)O)[C@@H](CCC(N)=O)C(=O)O)P(=O)(O)O. The van der Waals surface area contributed by atoms with Crippen molar-refractivity contribution in [3.05, 3.63) is 25.3 Å². The van der Waals surface area contributed by atoms with Crippen molar-refractivity contribution in [2.75, 3.05) is 0 Å². The van der Waals surface area contributed by atoms with Crippen LogP contribution in [-0.4, -0.2) is 59.1 Å². The monoisotopic (exact) mass is 386 g/mol. The summed E-state index contributed by atoms with van der Waals surface area (Å²) in [6.07, 6.45) is 0.336. The minimum Gasteiger partial charge on any atom is -0.480 e. The summed E-state index contributed by atoms with van der Waals surface area (Å²) in [6.45, 7) is 6.36. The Bertz CT molecular complexity index is 562. The number of hydrogen-bond donors (Lipinski definition) is 6. The Morgan fingerprint density at radius 2 is 1.42 bits per heavy atom. The molecule has 13 heteroatoms. The van der Waals surface area contributed by atoms with Gasteiger partial charge in [-0.3, -0.25) is 23.6 Å². The van der Waals surface area contributed by atoms with Crippen molar-refractivity contribution in [2.24, 2.45) is 5.73 Å². The Morgan fingerprint density at radius 3 is 1.62 bits per heavy atom. The van der Waals surface area contributed by atoms with Crippen molar-refractivity contribution >= 4 is 27.1 Å². The smallest absolute Gasteiger partial charge is 0.346 e. The molecule has 0 radical (unpaired) electrons. The number of rotatable bonds is 11. The zero-order valence-corrected chi connectivity index (χ0v) is 14.3. The first kappa shape index (κ1) is 22.7. The van der Waals surface area contributed by atoms with Gasteiger partial charge in [-0.1, -0.05) is 12.2 Å². The molecule has 0 fully saturated rings. The fourth-order valence-electron chi connectivity index (χ4n) is 2.07. The van der Waals surface area contributed by atoms with Crippen molar-refractivity contribution in [1.82, 2.24) is 4.90 Å². The van der Waals surface area contributed by atoms with Crippen molar-refractivity contribution < 1.29 is 43.4 Å². The van der Waals surface area contributed by atoms with Gasteiger partial charge >= 0.3 is 21.2 Å². The fraction of sp³-hybridized carbons (Fsp3) is 0.455. The van der Waals surface area contributed by atoms with Gasteiger partial charge in [0.1, 0.15) is 17.6 Å². The largest absolute Gasteiger partial charge is 0.480 e. The number of carbonyl (C=O) groups excluding carboxylic acids is 1. The molecule has 3 atom stereocenters. The minimum atomic E-state index is -5.07. The van der Waals surface area contributed by atoms with Gasteiger partial charge in [-0.2, -0.15) is 0 Å². The van der Waals surface area contributed by atoms with Crippen LogP contribution < -0.4 is 5.73 Å². The van der Waals surface area contributed by atoms with E-state index in [1.54, 1.807) is 0 Å². The number of carbonyl (C=O) groups is 2. The average molecular weight is 386 g/mol. The molecule has 0 saturated carbocycles. The van der Waals surface area contributed by atoms with E-state index in [0.29, 0.717) is 17.1 Å².